The molecule has 3 nitrogen and oxygen atoms in total. The second-order valence-corrected chi connectivity index (χ2v) is 5.30. The number of nitro benzene ring substituents is 1. The summed E-state index contributed by atoms with van der Waals surface area (Å²) in [5.74, 6) is 1.48. The summed E-state index contributed by atoms with van der Waals surface area (Å²) in [6.07, 6.45) is 7.90. The third-order valence-electron chi connectivity index (χ3n) is 3.88. The Kier molecular flexibility index (Phi) is 4.34. The van der Waals surface area contributed by atoms with E-state index in [4.69, 9.17) is 0 Å². The maximum absolute atomic E-state index is 10.6. The van der Waals surface area contributed by atoms with E-state index in [0.717, 1.165) is 5.92 Å². The molecule has 3 heteroatoms. The molecule has 1 fully saturated rings. The van der Waals surface area contributed by atoms with Gasteiger partial charge in [-0.15, -0.1) is 0 Å². The van der Waals surface area contributed by atoms with Crippen LogP contribution in [0.5, 0.6) is 0 Å². The number of hydrogen-bond donors (Lipinski definition) is 0. The highest BCUT2D eigenvalue weighted by atomic mass is 16.6. The van der Waals surface area contributed by atoms with E-state index in [-0.39, 0.29) is 10.6 Å². The average molecular weight is 247 g/mol. The zero-order valence-electron chi connectivity index (χ0n) is 11.0. The summed E-state index contributed by atoms with van der Waals surface area (Å²) in [5.41, 5.74) is 1.47. The summed E-state index contributed by atoms with van der Waals surface area (Å²) < 4.78 is 0. The van der Waals surface area contributed by atoms with Crippen molar-refractivity contribution in [1.29, 1.82) is 0 Å². The smallest absolute Gasteiger partial charge is 0.258 e. The summed E-state index contributed by atoms with van der Waals surface area (Å²) in [5, 5.41) is 10.6. The monoisotopic (exact) mass is 247 g/mol. The van der Waals surface area contributed by atoms with Crippen molar-refractivity contribution in [1.82, 2.24) is 0 Å². The maximum Gasteiger partial charge on any atom is 0.269 e. The number of hydrogen-bond acceptors (Lipinski definition) is 2. The highest BCUT2D eigenvalue weighted by Crippen LogP contribution is 2.50. The highest BCUT2D eigenvalue weighted by molar-refractivity contribution is 5.36. The first kappa shape index (κ1) is 13.1. The molecule has 0 saturated heterocycles. The van der Waals surface area contributed by atoms with Gasteiger partial charge in [0, 0.05) is 12.1 Å². The lowest BCUT2D eigenvalue weighted by molar-refractivity contribution is -0.384. The molecule has 0 unspecified atom stereocenters. The lowest BCUT2D eigenvalue weighted by atomic mass is 10.0. The van der Waals surface area contributed by atoms with Gasteiger partial charge < -0.3 is 0 Å². The van der Waals surface area contributed by atoms with E-state index in [1.165, 1.54) is 44.1 Å². The number of nitrogens with zero attached hydrogens (tertiary/aromatic N) is 1. The molecule has 1 aliphatic rings. The Labute approximate surface area is 108 Å². The molecule has 0 N–H and O–H groups in total. The van der Waals surface area contributed by atoms with Crippen LogP contribution in [0.3, 0.4) is 0 Å². The molecular weight excluding hydrogens is 226 g/mol. The summed E-state index contributed by atoms with van der Waals surface area (Å²) >= 11 is 0. The molecule has 2 atom stereocenters. The summed E-state index contributed by atoms with van der Waals surface area (Å²) in [7, 11) is 0. The Bertz CT molecular complexity index is 399. The fraction of sp³-hybridized carbons (Fsp3) is 0.600. The van der Waals surface area contributed by atoms with Crippen molar-refractivity contribution in [3.63, 3.8) is 0 Å². The Morgan fingerprint density at radius 2 is 1.94 bits per heavy atom. The zero-order valence-corrected chi connectivity index (χ0v) is 11.0. The van der Waals surface area contributed by atoms with Gasteiger partial charge in [-0.05, 0) is 30.2 Å². The second-order valence-electron chi connectivity index (χ2n) is 5.30. The van der Waals surface area contributed by atoms with Crippen LogP contribution in [0.15, 0.2) is 24.3 Å². The first-order chi connectivity index (χ1) is 8.72. The molecule has 98 valence electrons. The van der Waals surface area contributed by atoms with Crippen LogP contribution < -0.4 is 0 Å². The molecule has 0 heterocycles. The summed E-state index contributed by atoms with van der Waals surface area (Å²) in [6, 6.07) is 7.10. The summed E-state index contributed by atoms with van der Waals surface area (Å²) in [6.45, 7) is 2.23. The Balaban J connectivity index is 1.78. The van der Waals surface area contributed by atoms with Gasteiger partial charge in [0.05, 0.1) is 4.92 Å². The number of unbranched alkanes of at least 4 members (excludes halogenated alkanes) is 3. The van der Waals surface area contributed by atoms with Crippen molar-refractivity contribution in [2.24, 2.45) is 5.92 Å². The van der Waals surface area contributed by atoms with E-state index in [0.29, 0.717) is 5.92 Å². The van der Waals surface area contributed by atoms with Gasteiger partial charge in [-0.3, -0.25) is 10.1 Å². The summed E-state index contributed by atoms with van der Waals surface area (Å²) in [4.78, 5) is 10.2. The molecule has 1 aromatic rings. The molecule has 0 aromatic heterocycles. The maximum atomic E-state index is 10.6. The van der Waals surface area contributed by atoms with E-state index in [1.807, 2.05) is 12.1 Å². The van der Waals surface area contributed by atoms with E-state index in [9.17, 15) is 10.1 Å². The van der Waals surface area contributed by atoms with Crippen molar-refractivity contribution in [2.75, 3.05) is 0 Å². The first-order valence-electron chi connectivity index (χ1n) is 6.96. The van der Waals surface area contributed by atoms with Gasteiger partial charge in [-0.25, -0.2) is 0 Å². The van der Waals surface area contributed by atoms with Crippen LogP contribution in [-0.4, -0.2) is 4.92 Å². The first-order valence-corrected chi connectivity index (χ1v) is 6.96. The van der Waals surface area contributed by atoms with Crippen LogP contribution in [0.1, 0.15) is 56.9 Å². The van der Waals surface area contributed by atoms with Crippen molar-refractivity contribution < 1.29 is 4.92 Å². The molecule has 0 aliphatic heterocycles. The van der Waals surface area contributed by atoms with Gasteiger partial charge in [0.15, 0.2) is 0 Å². The van der Waals surface area contributed by atoms with Gasteiger partial charge in [0.25, 0.3) is 5.69 Å². The van der Waals surface area contributed by atoms with E-state index < -0.39 is 0 Å². The van der Waals surface area contributed by atoms with Crippen LogP contribution >= 0.6 is 0 Å². The Hall–Kier alpha value is -1.38. The molecule has 0 amide bonds. The zero-order chi connectivity index (χ0) is 13.0. The standard InChI is InChI=1S/C15H21NO2/c1-2-3-4-5-6-13-11-15(13)12-7-9-14(10-8-12)16(17)18/h7-10,13,15H,2-6,11H2,1H3/t13-,15+/m0/s1. The van der Waals surface area contributed by atoms with Crippen LogP contribution in [0, 0.1) is 16.0 Å². The molecule has 0 spiro atoms. The molecule has 1 saturated carbocycles. The van der Waals surface area contributed by atoms with Crippen molar-refractivity contribution in [3.8, 4) is 0 Å². The molecule has 1 aromatic carbocycles. The Morgan fingerprint density at radius 1 is 1.22 bits per heavy atom. The molecule has 18 heavy (non-hydrogen) atoms. The fourth-order valence-corrected chi connectivity index (χ4v) is 2.65. The average Bonchev–Trinajstić information content (AvgIpc) is 3.14. The van der Waals surface area contributed by atoms with Gasteiger partial charge in [0.2, 0.25) is 0 Å². The number of non-ortho nitro benzene ring substituents is 1. The van der Waals surface area contributed by atoms with Crippen molar-refractivity contribution in [3.05, 3.63) is 39.9 Å². The second kappa shape index (κ2) is 5.98. The topological polar surface area (TPSA) is 43.1 Å². The van der Waals surface area contributed by atoms with Gasteiger partial charge in [-0.1, -0.05) is 44.7 Å². The number of benzene rings is 1. The number of nitro groups is 1. The van der Waals surface area contributed by atoms with E-state index in [1.54, 1.807) is 12.1 Å². The lowest BCUT2D eigenvalue weighted by Gasteiger charge is -2.01. The van der Waals surface area contributed by atoms with Crippen LogP contribution in [-0.2, 0) is 0 Å². The van der Waals surface area contributed by atoms with Gasteiger partial charge in [-0.2, -0.15) is 0 Å². The molecular formula is C15H21NO2. The third kappa shape index (κ3) is 3.31. The van der Waals surface area contributed by atoms with Crippen molar-refractivity contribution >= 4 is 5.69 Å². The van der Waals surface area contributed by atoms with Crippen LogP contribution in [0.25, 0.3) is 0 Å². The normalized spacial score (nSPS) is 21.8. The minimum absolute atomic E-state index is 0.193. The van der Waals surface area contributed by atoms with E-state index in [2.05, 4.69) is 6.92 Å². The number of rotatable bonds is 7. The predicted molar refractivity (Wildman–Crippen MR) is 72.7 cm³/mol. The molecule has 0 bridgehead atoms. The SMILES string of the molecule is CCCCCC[C@H]1C[C@@H]1c1ccc([N+](=O)[O-])cc1. The van der Waals surface area contributed by atoms with Crippen LogP contribution in [0.4, 0.5) is 5.69 Å². The fourth-order valence-electron chi connectivity index (χ4n) is 2.65. The van der Waals surface area contributed by atoms with Gasteiger partial charge in [0.1, 0.15) is 0 Å². The van der Waals surface area contributed by atoms with Crippen molar-refractivity contribution in [2.45, 2.75) is 51.4 Å². The highest BCUT2D eigenvalue weighted by Gasteiger charge is 2.37. The predicted octanol–water partition coefficient (Wildman–Crippen LogP) is 4.67. The molecule has 1 aliphatic carbocycles. The minimum Gasteiger partial charge on any atom is -0.258 e. The van der Waals surface area contributed by atoms with E-state index >= 15 is 0 Å². The Morgan fingerprint density at radius 3 is 2.56 bits per heavy atom. The van der Waals surface area contributed by atoms with Gasteiger partial charge >= 0.3 is 0 Å². The molecule has 2 rings (SSSR count). The minimum atomic E-state index is -0.334. The largest absolute Gasteiger partial charge is 0.269 e. The lowest BCUT2D eigenvalue weighted by Crippen LogP contribution is -1.89. The third-order valence-corrected chi connectivity index (χ3v) is 3.88. The quantitative estimate of drug-likeness (QED) is 0.399. The van der Waals surface area contributed by atoms with Crippen LogP contribution in [0.2, 0.25) is 0 Å². The molecule has 0 radical (unpaired) electrons.